The number of halogens is 6. The summed E-state index contributed by atoms with van der Waals surface area (Å²) in [7, 11) is 3.57. The van der Waals surface area contributed by atoms with Crippen molar-refractivity contribution in [2.24, 2.45) is 0 Å². The molecule has 3 aromatic carbocycles. The van der Waals surface area contributed by atoms with Gasteiger partial charge in [-0.15, -0.1) is 0 Å². The van der Waals surface area contributed by atoms with Crippen molar-refractivity contribution in [3.8, 4) is 34.5 Å². The maximum atomic E-state index is 15.4. The van der Waals surface area contributed by atoms with Gasteiger partial charge in [-0.2, -0.15) is 38.2 Å². The molecule has 0 bridgehead atoms. The number of rotatable bonds is 21. The van der Waals surface area contributed by atoms with Crippen molar-refractivity contribution < 1.29 is 104 Å². The lowest BCUT2D eigenvalue weighted by molar-refractivity contribution is 0.0336. The number of ether oxygens (including phenoxy) is 7. The highest BCUT2D eigenvalue weighted by Gasteiger charge is 2.43. The molecular formula is C69H78F6N16O17S3. The third-order valence-electron chi connectivity index (χ3n) is 18.8. The van der Waals surface area contributed by atoms with E-state index in [4.69, 9.17) is 33.2 Å². The zero-order valence-corrected chi connectivity index (χ0v) is 65.2. The first-order chi connectivity index (χ1) is 52.6. The Labute approximate surface area is 633 Å². The van der Waals surface area contributed by atoms with Gasteiger partial charge in [-0.25, -0.2) is 67.6 Å². The fourth-order valence-corrected chi connectivity index (χ4v) is 16.4. The molecule has 6 aromatic heterocycles. The molecule has 4 aliphatic rings. The lowest BCUT2D eigenvalue weighted by atomic mass is 10.1. The van der Waals surface area contributed by atoms with Crippen molar-refractivity contribution in [2.75, 3.05) is 160 Å². The third-order valence-corrected chi connectivity index (χ3v) is 24.1. The first kappa shape index (κ1) is 81.2. The largest absolute Gasteiger partial charge is 0.493 e. The van der Waals surface area contributed by atoms with Crippen molar-refractivity contribution in [1.82, 2.24) is 44.7 Å². The van der Waals surface area contributed by atoms with Gasteiger partial charge in [0.1, 0.15) is 22.8 Å². The minimum Gasteiger partial charge on any atom is -0.493 e. The summed E-state index contributed by atoms with van der Waals surface area (Å²) < 4.78 is 211. The number of hydrogen-bond acceptors (Lipinski definition) is 21. The van der Waals surface area contributed by atoms with Crippen molar-refractivity contribution >= 4 is 122 Å². The molecule has 0 atom stereocenters. The highest BCUT2D eigenvalue weighted by Crippen LogP contribution is 2.48. The van der Waals surface area contributed by atoms with Crippen LogP contribution in [0.1, 0.15) is 53.6 Å². The van der Waals surface area contributed by atoms with Crippen molar-refractivity contribution in [3.05, 3.63) is 124 Å². The summed E-state index contributed by atoms with van der Waals surface area (Å²) in [6.45, 7) is 7.33. The van der Waals surface area contributed by atoms with E-state index in [-0.39, 0.29) is 107 Å². The predicted molar refractivity (Wildman–Crippen MR) is 397 cm³/mol. The van der Waals surface area contributed by atoms with E-state index in [9.17, 15) is 44.4 Å². The van der Waals surface area contributed by atoms with Crippen LogP contribution in [0.2, 0.25) is 0 Å². The average molecular weight is 1610 g/mol. The quantitative estimate of drug-likeness (QED) is 0.0480. The summed E-state index contributed by atoms with van der Waals surface area (Å²) in [5, 5.41) is 1.08. The molecule has 42 heteroatoms. The number of nitrogens with zero attached hydrogens (tertiary/aromatic N) is 16. The molecular weight excluding hydrogens is 1540 g/mol. The summed E-state index contributed by atoms with van der Waals surface area (Å²) in [6.07, 6.45) is 5.87. The second kappa shape index (κ2) is 31.5. The Bertz CT molecular complexity index is 5500. The lowest BCUT2D eigenvalue weighted by Crippen LogP contribution is -2.48. The number of urea groups is 3. The van der Waals surface area contributed by atoms with Gasteiger partial charge in [0.05, 0.1) is 98.3 Å². The predicted octanol–water partition coefficient (Wildman–Crippen LogP) is 8.50. The molecule has 9 aromatic rings. The van der Waals surface area contributed by atoms with E-state index in [1.807, 2.05) is 0 Å². The number of hydrogen-bond donors (Lipinski definition) is 0. The summed E-state index contributed by atoms with van der Waals surface area (Å²) in [6, 6.07) is 5.59. The second-order valence-electron chi connectivity index (χ2n) is 25.4. The second-order valence-corrected chi connectivity index (χ2v) is 31.4. The molecule has 0 saturated carbocycles. The van der Waals surface area contributed by atoms with Gasteiger partial charge in [-0.05, 0) is 39.0 Å². The van der Waals surface area contributed by atoms with Gasteiger partial charge >= 0.3 is 48.7 Å². The number of carbonyl (C=O) groups is 4. The fourth-order valence-electron chi connectivity index (χ4n) is 13.3. The van der Waals surface area contributed by atoms with E-state index in [1.165, 1.54) is 134 Å². The Morgan fingerprint density at radius 2 is 0.775 bits per heavy atom. The number of anilines is 6. The molecule has 4 aliphatic heterocycles. The number of fused-ring (bicyclic) bond motifs is 9. The smallest absolute Gasteiger partial charge is 0.329 e. The monoisotopic (exact) mass is 1610 g/mol. The Morgan fingerprint density at radius 1 is 0.450 bits per heavy atom. The number of morpholine rings is 1. The Balaban J connectivity index is 0.000000166. The molecule has 0 N–H and O–H groups in total. The van der Waals surface area contributed by atoms with E-state index in [0.29, 0.717) is 83.7 Å². The molecule has 6 amide bonds. The van der Waals surface area contributed by atoms with Gasteiger partial charge in [0, 0.05) is 157 Å². The molecule has 13 rings (SSSR count). The van der Waals surface area contributed by atoms with Crippen molar-refractivity contribution in [1.29, 1.82) is 0 Å². The number of aldehydes is 1. The molecule has 1 fully saturated rings. The van der Waals surface area contributed by atoms with E-state index in [1.54, 1.807) is 32.9 Å². The van der Waals surface area contributed by atoms with Gasteiger partial charge in [0.2, 0.25) is 0 Å². The normalized spacial score (nSPS) is 15.0. The van der Waals surface area contributed by atoms with Gasteiger partial charge in [0.25, 0.3) is 0 Å². The van der Waals surface area contributed by atoms with E-state index >= 15 is 26.3 Å². The van der Waals surface area contributed by atoms with Crippen LogP contribution in [0, 0.1) is 34.9 Å². The van der Waals surface area contributed by atoms with Crippen LogP contribution in [0.4, 0.5) is 74.9 Å². The zero-order valence-electron chi connectivity index (χ0n) is 62.7. The lowest BCUT2D eigenvalue weighted by Gasteiger charge is -2.37. The number of pyridine rings is 3. The van der Waals surface area contributed by atoms with Gasteiger partial charge in [-0.3, -0.25) is 39.1 Å². The molecule has 0 spiro atoms. The minimum absolute atomic E-state index is 0.0633. The van der Waals surface area contributed by atoms with Crippen LogP contribution in [0.25, 0.3) is 33.1 Å². The number of aromatic nitrogens is 6. The van der Waals surface area contributed by atoms with Crippen LogP contribution in [-0.2, 0) is 61.5 Å². The fraction of sp³-hybridized carbons (Fsp3) is 0.377. The topological polar surface area (TPSA) is 321 Å². The SMILES string of the molecule is CCN1C(=O)N(c2c(F)c(OC)cc(OC)c2F)Cc2cnc3c(cc(C=O)n3S(=O)(=O)N(C)C)c21.CCN1C(=O)N(c2c(F)c(OC)cc(OC)c2F)Cc2cnc3c(cc(CN4CCOCC4)n3S(=O)(=O)N(C)C)c21.CCN1C(=O)N(c2c(F)c(OC)cc(OC)c2F)Cc2cnc3c(ccn3S(=O)(=O)N(C)C)c21. The van der Waals surface area contributed by atoms with Crippen molar-refractivity contribution in [3.63, 3.8) is 0 Å². The summed E-state index contributed by atoms with van der Waals surface area (Å²) in [5.74, 6) is -8.17. The van der Waals surface area contributed by atoms with Crippen LogP contribution in [-0.4, -0.2) is 225 Å². The first-order valence-corrected chi connectivity index (χ1v) is 38.0. The highest BCUT2D eigenvalue weighted by molar-refractivity contribution is 7.88. The van der Waals surface area contributed by atoms with Crippen LogP contribution in [0.5, 0.6) is 34.5 Å². The minimum atomic E-state index is -4.13. The molecule has 596 valence electrons. The summed E-state index contributed by atoms with van der Waals surface area (Å²) in [4.78, 5) is 74.4. The number of benzene rings is 3. The van der Waals surface area contributed by atoms with Crippen molar-refractivity contribution in [2.45, 2.75) is 47.0 Å². The standard InChI is InChI=1S/C26H32F2N6O6S.C22H23F2N5O6S.C21H23F2N5O5S/c1-6-32-23-16(14-33(26(32)35)24-21(27)19(38-4)12-20(39-5)22(24)28)13-29-25-18(23)11-17(15-31-7-9-40-10-8-31)34(25)41(36,37)30(2)3;1-6-27-19-12(9-25-21-14(19)7-13(11-30)29(21)36(32,33)26(2)3)10-28(22(27)31)20-17(23)15(34-4)8-16(35-5)18(20)24;1-6-26-18-12(10-24-20-13(18)7-8-28(20)34(30,31)25(2)3)11-27(21(26)29)19-16(22)14(32-4)9-15(33-5)17(19)23/h11-13H,6-10,14-15H2,1-5H3;7-9,11H,6,10H2,1-5H3;7-10H,6,11H2,1-5H3. The molecule has 111 heavy (non-hydrogen) atoms. The Kier molecular flexibility index (Phi) is 23.1. The Hall–Kier alpha value is -10.8. The molecule has 1 saturated heterocycles. The summed E-state index contributed by atoms with van der Waals surface area (Å²) >= 11 is 0. The first-order valence-electron chi connectivity index (χ1n) is 33.8. The maximum absolute atomic E-state index is 15.4. The zero-order chi connectivity index (χ0) is 81.1. The number of methoxy groups -OCH3 is 6. The van der Waals surface area contributed by atoms with Crippen LogP contribution < -0.4 is 57.8 Å². The summed E-state index contributed by atoms with van der Waals surface area (Å²) in [5.41, 5.74) is 1.09. The van der Waals surface area contributed by atoms with Gasteiger partial charge in [-0.1, -0.05) is 0 Å². The van der Waals surface area contributed by atoms with Gasteiger partial charge < -0.3 is 33.2 Å². The van der Waals surface area contributed by atoms with E-state index in [2.05, 4.69) is 19.9 Å². The average Bonchev–Trinajstić information content (AvgIpc) is 1.63. The molecule has 33 nitrogen and oxygen atoms in total. The van der Waals surface area contributed by atoms with E-state index in [0.717, 1.165) is 53.8 Å². The third kappa shape index (κ3) is 13.7. The molecule has 10 heterocycles. The van der Waals surface area contributed by atoms with Crippen LogP contribution in [0.3, 0.4) is 0 Å². The molecule has 0 unspecified atom stereocenters. The van der Waals surface area contributed by atoms with Crippen LogP contribution in [0.15, 0.2) is 61.2 Å². The highest BCUT2D eigenvalue weighted by atomic mass is 32.2. The number of amides is 6. The number of carbonyl (C=O) groups excluding carboxylic acids is 4. The Morgan fingerprint density at radius 3 is 1.11 bits per heavy atom. The molecule has 0 radical (unpaired) electrons. The maximum Gasteiger partial charge on any atom is 0.329 e. The van der Waals surface area contributed by atoms with Crippen LogP contribution >= 0.6 is 0 Å². The molecule has 0 aliphatic carbocycles. The van der Waals surface area contributed by atoms with E-state index < -0.39 is 101 Å². The van der Waals surface area contributed by atoms with Gasteiger partial charge in [0.15, 0.2) is 92.6 Å².